The van der Waals surface area contributed by atoms with Crippen molar-refractivity contribution in [3.05, 3.63) is 82.9 Å². The molecule has 7 heteroatoms. The van der Waals surface area contributed by atoms with E-state index in [-0.39, 0.29) is 5.02 Å². The maximum absolute atomic E-state index is 13.2. The van der Waals surface area contributed by atoms with Gasteiger partial charge in [-0.15, -0.1) is 0 Å². The van der Waals surface area contributed by atoms with E-state index in [0.29, 0.717) is 17.2 Å². The van der Waals surface area contributed by atoms with Crippen LogP contribution in [0.4, 0.5) is 16.0 Å². The van der Waals surface area contributed by atoms with Crippen molar-refractivity contribution in [3.8, 4) is 0 Å². The molecule has 2 N–H and O–H groups in total. The van der Waals surface area contributed by atoms with Crippen LogP contribution in [0.15, 0.2) is 60.9 Å². The Morgan fingerprint density at radius 1 is 1.07 bits per heavy atom. The third kappa shape index (κ3) is 5.49. The minimum absolute atomic E-state index is 0.0564. The van der Waals surface area contributed by atoms with E-state index >= 15 is 0 Å². The molecule has 2 aromatic carbocycles. The van der Waals surface area contributed by atoms with Gasteiger partial charge in [-0.1, -0.05) is 41.9 Å². The van der Waals surface area contributed by atoms with Crippen molar-refractivity contribution in [2.75, 3.05) is 17.2 Å². The van der Waals surface area contributed by atoms with E-state index in [1.807, 2.05) is 18.2 Å². The zero-order valence-corrected chi connectivity index (χ0v) is 15.2. The fourth-order valence-corrected chi connectivity index (χ4v) is 2.63. The molecule has 27 heavy (non-hydrogen) atoms. The molecule has 0 spiro atoms. The van der Waals surface area contributed by atoms with E-state index in [0.717, 1.165) is 19.4 Å². The van der Waals surface area contributed by atoms with Crippen LogP contribution >= 0.6 is 11.6 Å². The van der Waals surface area contributed by atoms with Gasteiger partial charge in [-0.2, -0.15) is 0 Å². The van der Waals surface area contributed by atoms with Gasteiger partial charge in [-0.05, 0) is 36.6 Å². The molecule has 0 aliphatic heterocycles. The number of rotatable bonds is 7. The second kappa shape index (κ2) is 9.09. The van der Waals surface area contributed by atoms with Crippen LogP contribution in [0.5, 0.6) is 0 Å². The summed E-state index contributed by atoms with van der Waals surface area (Å²) in [5.74, 6) is -0.474. The summed E-state index contributed by atoms with van der Waals surface area (Å²) >= 11 is 5.70. The van der Waals surface area contributed by atoms with E-state index in [9.17, 15) is 9.18 Å². The maximum atomic E-state index is 13.2. The van der Waals surface area contributed by atoms with Gasteiger partial charge in [0.05, 0.1) is 10.6 Å². The number of carbonyl (C=O) groups excluding carboxylic acids is 1. The van der Waals surface area contributed by atoms with Crippen LogP contribution in [0, 0.1) is 5.82 Å². The Morgan fingerprint density at radius 3 is 2.52 bits per heavy atom. The number of aromatic nitrogens is 2. The van der Waals surface area contributed by atoms with Gasteiger partial charge in [-0.3, -0.25) is 4.79 Å². The minimum atomic E-state index is -0.541. The van der Waals surface area contributed by atoms with Crippen molar-refractivity contribution < 1.29 is 9.18 Å². The van der Waals surface area contributed by atoms with Gasteiger partial charge in [0.1, 0.15) is 5.82 Å². The number of anilines is 2. The molecule has 5 nitrogen and oxygen atoms in total. The predicted molar refractivity (Wildman–Crippen MR) is 105 cm³/mol. The Kier molecular flexibility index (Phi) is 6.33. The summed E-state index contributed by atoms with van der Waals surface area (Å²) in [7, 11) is 0. The molecular formula is C20H18ClFN4O. The molecule has 0 saturated heterocycles. The van der Waals surface area contributed by atoms with E-state index < -0.39 is 11.7 Å². The lowest BCUT2D eigenvalue weighted by atomic mass is 10.1. The van der Waals surface area contributed by atoms with E-state index in [4.69, 9.17) is 11.6 Å². The second-order valence-corrected chi connectivity index (χ2v) is 6.30. The molecule has 3 aromatic rings. The number of benzene rings is 2. The number of carbonyl (C=O) groups is 1. The molecule has 0 unspecified atom stereocenters. The largest absolute Gasteiger partial charge is 0.354 e. The highest BCUT2D eigenvalue weighted by atomic mass is 35.5. The second-order valence-electron chi connectivity index (χ2n) is 5.89. The van der Waals surface area contributed by atoms with Crippen LogP contribution in [-0.4, -0.2) is 22.4 Å². The van der Waals surface area contributed by atoms with Crippen molar-refractivity contribution in [1.82, 2.24) is 9.97 Å². The van der Waals surface area contributed by atoms with Gasteiger partial charge >= 0.3 is 0 Å². The molecule has 0 saturated carbocycles. The van der Waals surface area contributed by atoms with Crippen LogP contribution in [0.2, 0.25) is 5.02 Å². The third-order valence-electron chi connectivity index (χ3n) is 3.86. The zero-order valence-electron chi connectivity index (χ0n) is 14.5. The summed E-state index contributed by atoms with van der Waals surface area (Å²) in [6.45, 7) is 0.731. The number of hydrogen-bond acceptors (Lipinski definition) is 4. The van der Waals surface area contributed by atoms with Crippen molar-refractivity contribution in [1.29, 1.82) is 0 Å². The smallest absolute Gasteiger partial charge is 0.258 e. The van der Waals surface area contributed by atoms with Crippen LogP contribution < -0.4 is 10.6 Å². The summed E-state index contributed by atoms with van der Waals surface area (Å²) in [6.07, 6.45) is 4.79. The fraction of sp³-hybridized carbons (Fsp3) is 0.150. The lowest BCUT2D eigenvalue weighted by Crippen LogP contribution is -2.14. The van der Waals surface area contributed by atoms with Gasteiger partial charge in [0.15, 0.2) is 0 Å². The molecule has 138 valence electrons. The Balaban J connectivity index is 1.49. The van der Waals surface area contributed by atoms with Crippen molar-refractivity contribution in [2.24, 2.45) is 0 Å². The quantitative estimate of drug-likeness (QED) is 0.586. The first kappa shape index (κ1) is 18.8. The highest BCUT2D eigenvalue weighted by Gasteiger charge is 2.09. The first-order chi connectivity index (χ1) is 13.1. The average molecular weight is 385 g/mol. The van der Waals surface area contributed by atoms with Crippen molar-refractivity contribution in [2.45, 2.75) is 12.8 Å². The SMILES string of the molecule is O=C(Nc1ccc(F)c(Cl)c1)c1cnc(NCCCc2ccccc2)nc1. The molecule has 0 aliphatic rings. The summed E-state index contributed by atoms with van der Waals surface area (Å²) in [6, 6.07) is 14.2. The third-order valence-corrected chi connectivity index (χ3v) is 4.15. The summed E-state index contributed by atoms with van der Waals surface area (Å²) < 4.78 is 13.2. The lowest BCUT2D eigenvalue weighted by Gasteiger charge is -2.07. The highest BCUT2D eigenvalue weighted by molar-refractivity contribution is 6.31. The molecule has 0 aliphatic carbocycles. The van der Waals surface area contributed by atoms with Gasteiger partial charge < -0.3 is 10.6 Å². The lowest BCUT2D eigenvalue weighted by molar-refractivity contribution is 0.102. The Bertz CT molecular complexity index is 904. The van der Waals surface area contributed by atoms with Crippen molar-refractivity contribution in [3.63, 3.8) is 0 Å². The number of halogens is 2. The Morgan fingerprint density at radius 2 is 1.81 bits per heavy atom. The summed E-state index contributed by atoms with van der Waals surface area (Å²) in [4.78, 5) is 20.5. The number of amides is 1. The predicted octanol–water partition coefficient (Wildman–Crippen LogP) is 4.57. The average Bonchev–Trinajstić information content (AvgIpc) is 2.69. The summed E-state index contributed by atoms with van der Waals surface area (Å²) in [5, 5.41) is 5.70. The van der Waals surface area contributed by atoms with Gasteiger partial charge in [0, 0.05) is 24.6 Å². The van der Waals surface area contributed by atoms with Crippen LogP contribution in [-0.2, 0) is 6.42 Å². The summed E-state index contributed by atoms with van der Waals surface area (Å²) in [5.41, 5.74) is 1.98. The van der Waals surface area contributed by atoms with Crippen LogP contribution in [0.3, 0.4) is 0 Å². The molecule has 0 radical (unpaired) electrons. The standard InChI is InChI=1S/C20H18ClFN4O/c21-17-11-16(8-9-18(17)22)26-19(27)15-12-24-20(25-13-15)23-10-4-7-14-5-2-1-3-6-14/h1-3,5-6,8-9,11-13H,4,7,10H2,(H,26,27)(H,23,24,25). The normalized spacial score (nSPS) is 10.4. The molecule has 3 rings (SSSR count). The van der Waals surface area contributed by atoms with Gasteiger partial charge in [0.25, 0.3) is 5.91 Å². The number of nitrogens with zero attached hydrogens (tertiary/aromatic N) is 2. The van der Waals surface area contributed by atoms with Crippen LogP contribution in [0.1, 0.15) is 22.3 Å². The number of nitrogens with one attached hydrogen (secondary N) is 2. The fourth-order valence-electron chi connectivity index (χ4n) is 2.45. The van der Waals surface area contributed by atoms with E-state index in [2.05, 4.69) is 32.7 Å². The number of hydrogen-bond donors (Lipinski definition) is 2. The zero-order chi connectivity index (χ0) is 19.1. The van der Waals surface area contributed by atoms with E-state index in [1.165, 1.54) is 36.2 Å². The minimum Gasteiger partial charge on any atom is -0.354 e. The highest BCUT2D eigenvalue weighted by Crippen LogP contribution is 2.19. The number of aryl methyl sites for hydroxylation is 1. The van der Waals surface area contributed by atoms with Crippen LogP contribution in [0.25, 0.3) is 0 Å². The molecule has 0 fully saturated rings. The first-order valence-electron chi connectivity index (χ1n) is 8.48. The molecule has 1 amide bonds. The van der Waals surface area contributed by atoms with Gasteiger partial charge in [-0.25, -0.2) is 14.4 Å². The Labute approximate surface area is 161 Å². The molecule has 0 bridgehead atoms. The topological polar surface area (TPSA) is 66.9 Å². The Hall–Kier alpha value is -2.99. The molecule has 1 aromatic heterocycles. The van der Waals surface area contributed by atoms with Gasteiger partial charge in [0.2, 0.25) is 5.95 Å². The molecule has 1 heterocycles. The van der Waals surface area contributed by atoms with Crippen molar-refractivity contribution >= 4 is 29.1 Å². The molecule has 0 atom stereocenters. The monoisotopic (exact) mass is 384 g/mol. The maximum Gasteiger partial charge on any atom is 0.258 e. The molecular weight excluding hydrogens is 367 g/mol. The van der Waals surface area contributed by atoms with E-state index in [1.54, 1.807) is 0 Å². The first-order valence-corrected chi connectivity index (χ1v) is 8.86.